The van der Waals surface area contributed by atoms with Gasteiger partial charge in [0.15, 0.2) is 0 Å². The Hall–Kier alpha value is -1.77. The molecule has 0 saturated carbocycles. The molecule has 1 aromatic rings. The Labute approximate surface area is 102 Å². The largest absolute Gasteiger partial charge is 0.496 e. The van der Waals surface area contributed by atoms with Crippen LogP contribution in [0, 0.1) is 0 Å². The predicted octanol–water partition coefficient (Wildman–Crippen LogP) is 3.35. The van der Waals surface area contributed by atoms with Gasteiger partial charge in [0.2, 0.25) is 0 Å². The quantitative estimate of drug-likeness (QED) is 0.821. The van der Waals surface area contributed by atoms with Gasteiger partial charge in [0.25, 0.3) is 0 Å². The third-order valence-corrected chi connectivity index (χ3v) is 2.50. The Balaban J connectivity index is 3.04. The average molecular weight is 234 g/mol. The highest BCUT2D eigenvalue weighted by Gasteiger charge is 2.07. The minimum atomic E-state index is -0.812. The van der Waals surface area contributed by atoms with Gasteiger partial charge in [0.1, 0.15) is 5.75 Å². The van der Waals surface area contributed by atoms with Gasteiger partial charge >= 0.3 is 5.97 Å². The minimum Gasteiger partial charge on any atom is -0.496 e. The first-order valence-corrected chi connectivity index (χ1v) is 5.73. The second-order valence-corrected chi connectivity index (χ2v) is 3.78. The van der Waals surface area contributed by atoms with Crippen LogP contribution in [0.3, 0.4) is 0 Å². The van der Waals surface area contributed by atoms with E-state index in [1.165, 1.54) is 0 Å². The van der Waals surface area contributed by atoms with Crippen molar-refractivity contribution < 1.29 is 14.6 Å². The number of allylic oxidation sites excluding steroid dienone is 1. The maximum Gasteiger partial charge on any atom is 0.307 e. The molecule has 0 radical (unpaired) electrons. The zero-order valence-corrected chi connectivity index (χ0v) is 10.3. The Kier molecular flexibility index (Phi) is 5.27. The fourth-order valence-electron chi connectivity index (χ4n) is 1.74. The molecule has 17 heavy (non-hydrogen) atoms. The smallest absolute Gasteiger partial charge is 0.307 e. The van der Waals surface area contributed by atoms with Crippen molar-refractivity contribution in [2.24, 2.45) is 0 Å². The van der Waals surface area contributed by atoms with E-state index >= 15 is 0 Å². The van der Waals surface area contributed by atoms with Crippen LogP contribution in [-0.2, 0) is 4.79 Å². The van der Waals surface area contributed by atoms with Gasteiger partial charge in [0, 0.05) is 5.56 Å². The van der Waals surface area contributed by atoms with E-state index in [2.05, 4.69) is 6.92 Å². The van der Waals surface area contributed by atoms with E-state index in [1.807, 2.05) is 24.3 Å². The molecule has 3 nitrogen and oxygen atoms in total. The van der Waals surface area contributed by atoms with Crippen molar-refractivity contribution >= 4 is 11.5 Å². The maximum absolute atomic E-state index is 10.6. The number of carboxylic acids is 1. The molecule has 0 aliphatic carbocycles. The molecular formula is C14H18O3. The molecule has 1 aromatic carbocycles. The van der Waals surface area contributed by atoms with Gasteiger partial charge in [-0.3, -0.25) is 4.79 Å². The number of carboxylic acid groups (broad SMARTS) is 1. The van der Waals surface area contributed by atoms with Gasteiger partial charge in [-0.1, -0.05) is 37.6 Å². The van der Waals surface area contributed by atoms with E-state index in [4.69, 9.17) is 9.84 Å². The van der Waals surface area contributed by atoms with Crippen LogP contribution in [0.4, 0.5) is 0 Å². The van der Waals surface area contributed by atoms with E-state index in [-0.39, 0.29) is 6.42 Å². The molecule has 0 bridgehead atoms. The van der Waals surface area contributed by atoms with E-state index in [9.17, 15) is 4.79 Å². The first-order chi connectivity index (χ1) is 8.19. The number of carbonyl (C=O) groups is 1. The minimum absolute atomic E-state index is 0.0490. The maximum atomic E-state index is 10.6. The molecule has 0 spiro atoms. The van der Waals surface area contributed by atoms with Crippen LogP contribution in [0.2, 0.25) is 0 Å². The van der Waals surface area contributed by atoms with Gasteiger partial charge in [-0.25, -0.2) is 0 Å². The zero-order valence-electron chi connectivity index (χ0n) is 10.3. The van der Waals surface area contributed by atoms with Crippen LogP contribution in [0.15, 0.2) is 30.3 Å². The molecular weight excluding hydrogens is 216 g/mol. The van der Waals surface area contributed by atoms with Crippen LogP contribution < -0.4 is 4.74 Å². The van der Waals surface area contributed by atoms with E-state index in [1.54, 1.807) is 13.2 Å². The molecule has 1 rings (SSSR count). The molecule has 0 amide bonds. The lowest BCUT2D eigenvalue weighted by molar-refractivity contribution is -0.135. The summed E-state index contributed by atoms with van der Waals surface area (Å²) in [5.74, 6) is -0.0221. The summed E-state index contributed by atoms with van der Waals surface area (Å²) in [5.41, 5.74) is 2.02. The molecule has 0 aliphatic rings. The van der Waals surface area contributed by atoms with Crippen molar-refractivity contribution in [2.45, 2.75) is 26.2 Å². The van der Waals surface area contributed by atoms with E-state index in [0.717, 1.165) is 29.7 Å². The van der Waals surface area contributed by atoms with E-state index in [0.29, 0.717) is 0 Å². The standard InChI is InChI=1S/C14H18O3/c1-3-6-11(9-10-14(15)16)12-7-4-5-8-13(12)17-2/h4-5,7-9H,3,6,10H2,1-2H3,(H,15,16)/b11-9+. The van der Waals surface area contributed by atoms with Crippen molar-refractivity contribution in [3.05, 3.63) is 35.9 Å². The van der Waals surface area contributed by atoms with Gasteiger partial charge < -0.3 is 9.84 Å². The molecule has 0 aromatic heterocycles. The van der Waals surface area contributed by atoms with Crippen molar-refractivity contribution in [1.82, 2.24) is 0 Å². The van der Waals surface area contributed by atoms with Crippen molar-refractivity contribution in [1.29, 1.82) is 0 Å². The molecule has 0 fully saturated rings. The third-order valence-electron chi connectivity index (χ3n) is 2.50. The van der Waals surface area contributed by atoms with Gasteiger partial charge in [-0.05, 0) is 18.1 Å². The van der Waals surface area contributed by atoms with Crippen LogP contribution in [0.25, 0.3) is 5.57 Å². The highest BCUT2D eigenvalue weighted by Crippen LogP contribution is 2.29. The summed E-state index contributed by atoms with van der Waals surface area (Å²) in [6.07, 6.45) is 3.65. The molecule has 1 N–H and O–H groups in total. The van der Waals surface area contributed by atoms with Crippen molar-refractivity contribution in [2.75, 3.05) is 7.11 Å². The summed E-state index contributed by atoms with van der Waals surface area (Å²) in [5, 5.41) is 8.73. The van der Waals surface area contributed by atoms with Gasteiger partial charge in [-0.15, -0.1) is 0 Å². The molecule has 92 valence electrons. The van der Waals surface area contributed by atoms with E-state index < -0.39 is 5.97 Å². The number of aliphatic carboxylic acids is 1. The molecule has 0 unspecified atom stereocenters. The predicted molar refractivity (Wildman–Crippen MR) is 68.1 cm³/mol. The fourth-order valence-corrected chi connectivity index (χ4v) is 1.74. The number of methoxy groups -OCH3 is 1. The lowest BCUT2D eigenvalue weighted by Crippen LogP contribution is -1.95. The number of para-hydroxylation sites is 1. The first-order valence-electron chi connectivity index (χ1n) is 5.73. The van der Waals surface area contributed by atoms with Crippen LogP contribution in [-0.4, -0.2) is 18.2 Å². The summed E-state index contributed by atoms with van der Waals surface area (Å²) >= 11 is 0. The second-order valence-electron chi connectivity index (χ2n) is 3.78. The molecule has 0 saturated heterocycles. The topological polar surface area (TPSA) is 46.5 Å². The average Bonchev–Trinajstić information content (AvgIpc) is 2.34. The van der Waals surface area contributed by atoms with Gasteiger partial charge in [0.05, 0.1) is 13.5 Å². The summed E-state index contributed by atoms with van der Waals surface area (Å²) in [6.45, 7) is 2.07. The van der Waals surface area contributed by atoms with Crippen LogP contribution in [0.1, 0.15) is 31.7 Å². The Morgan fingerprint density at radius 1 is 1.41 bits per heavy atom. The lowest BCUT2D eigenvalue weighted by atomic mass is 9.99. The normalized spacial score (nSPS) is 11.3. The number of ether oxygens (including phenoxy) is 1. The summed E-state index contributed by atoms with van der Waals surface area (Å²) in [7, 11) is 1.62. The monoisotopic (exact) mass is 234 g/mol. The van der Waals surface area contributed by atoms with Crippen molar-refractivity contribution in [3.63, 3.8) is 0 Å². The lowest BCUT2D eigenvalue weighted by Gasteiger charge is -2.11. The Morgan fingerprint density at radius 3 is 2.71 bits per heavy atom. The Morgan fingerprint density at radius 2 is 2.12 bits per heavy atom. The molecule has 0 aliphatic heterocycles. The third kappa shape index (κ3) is 3.94. The molecule has 0 atom stereocenters. The number of hydrogen-bond acceptors (Lipinski definition) is 2. The summed E-state index contributed by atoms with van der Waals surface area (Å²) in [4.78, 5) is 10.6. The number of rotatable bonds is 6. The zero-order chi connectivity index (χ0) is 12.7. The molecule has 0 heterocycles. The van der Waals surface area contributed by atoms with Crippen molar-refractivity contribution in [3.8, 4) is 5.75 Å². The van der Waals surface area contributed by atoms with Crippen LogP contribution in [0.5, 0.6) is 5.75 Å². The SMILES string of the molecule is CCC/C(=C\CC(=O)O)c1ccccc1OC. The highest BCUT2D eigenvalue weighted by atomic mass is 16.5. The fraction of sp³-hybridized carbons (Fsp3) is 0.357. The summed E-state index contributed by atoms with van der Waals surface area (Å²) < 4.78 is 5.29. The van der Waals surface area contributed by atoms with Gasteiger partial charge in [-0.2, -0.15) is 0 Å². The highest BCUT2D eigenvalue weighted by molar-refractivity contribution is 5.76. The molecule has 3 heteroatoms. The first kappa shape index (κ1) is 13.3. The summed E-state index contributed by atoms with van der Waals surface area (Å²) in [6, 6.07) is 7.69. The van der Waals surface area contributed by atoms with Crippen LogP contribution >= 0.6 is 0 Å². The number of benzene rings is 1. The Bertz CT molecular complexity index is 408. The second kappa shape index (κ2) is 6.74. The number of hydrogen-bond donors (Lipinski definition) is 1.